The zero-order chi connectivity index (χ0) is 14.4. The van der Waals surface area contributed by atoms with Crippen molar-refractivity contribution in [2.75, 3.05) is 19.6 Å². The van der Waals surface area contributed by atoms with Crippen molar-refractivity contribution < 1.29 is 14.3 Å². The van der Waals surface area contributed by atoms with Gasteiger partial charge in [-0.1, -0.05) is 30.3 Å². The summed E-state index contributed by atoms with van der Waals surface area (Å²) in [7, 11) is 0. The Kier molecular flexibility index (Phi) is 5.12. The number of carbonyl (C=O) groups is 2. The van der Waals surface area contributed by atoms with E-state index in [2.05, 4.69) is 0 Å². The third-order valence-electron chi connectivity index (χ3n) is 3.61. The molecule has 0 radical (unpaired) electrons. The van der Waals surface area contributed by atoms with E-state index in [-0.39, 0.29) is 30.9 Å². The SMILES string of the molecule is NCC(=O)C1CCN(C(=O)OCc2ccccc2)CC1. The molecule has 1 aromatic rings. The highest BCUT2D eigenvalue weighted by molar-refractivity contribution is 5.83. The van der Waals surface area contributed by atoms with Gasteiger partial charge in [-0.3, -0.25) is 4.79 Å². The molecule has 1 heterocycles. The Bertz CT molecular complexity index is 453. The first-order valence-electron chi connectivity index (χ1n) is 6.89. The van der Waals surface area contributed by atoms with Crippen molar-refractivity contribution in [3.05, 3.63) is 35.9 Å². The van der Waals surface area contributed by atoms with Crippen LogP contribution < -0.4 is 5.73 Å². The summed E-state index contributed by atoms with van der Waals surface area (Å²) < 4.78 is 5.27. The van der Waals surface area contributed by atoms with E-state index in [1.807, 2.05) is 30.3 Å². The zero-order valence-corrected chi connectivity index (χ0v) is 11.5. The van der Waals surface area contributed by atoms with Crippen LogP contribution in [0.4, 0.5) is 4.79 Å². The monoisotopic (exact) mass is 276 g/mol. The minimum absolute atomic E-state index is 0.00169. The average molecular weight is 276 g/mol. The van der Waals surface area contributed by atoms with E-state index in [1.54, 1.807) is 4.90 Å². The summed E-state index contributed by atoms with van der Waals surface area (Å²) in [6.45, 7) is 1.48. The predicted octanol–water partition coefficient (Wildman–Crippen LogP) is 1.56. The molecule has 5 nitrogen and oxygen atoms in total. The lowest BCUT2D eigenvalue weighted by atomic mass is 9.93. The van der Waals surface area contributed by atoms with Gasteiger partial charge in [0.2, 0.25) is 0 Å². The summed E-state index contributed by atoms with van der Waals surface area (Å²) >= 11 is 0. The molecule has 108 valence electrons. The predicted molar refractivity (Wildman–Crippen MR) is 75.0 cm³/mol. The number of hydrogen-bond acceptors (Lipinski definition) is 4. The first-order valence-corrected chi connectivity index (χ1v) is 6.89. The number of piperidine rings is 1. The Hall–Kier alpha value is -1.88. The summed E-state index contributed by atoms with van der Waals surface area (Å²) in [5.41, 5.74) is 6.32. The van der Waals surface area contributed by atoms with Crippen molar-refractivity contribution in [2.45, 2.75) is 19.4 Å². The topological polar surface area (TPSA) is 72.6 Å². The number of carbonyl (C=O) groups excluding carboxylic acids is 2. The van der Waals surface area contributed by atoms with Crippen LogP contribution in [0, 0.1) is 5.92 Å². The highest BCUT2D eigenvalue weighted by Crippen LogP contribution is 2.18. The molecule has 20 heavy (non-hydrogen) atoms. The number of ketones is 1. The van der Waals surface area contributed by atoms with Gasteiger partial charge in [-0.15, -0.1) is 0 Å². The summed E-state index contributed by atoms with van der Waals surface area (Å²) in [6, 6.07) is 9.57. The van der Waals surface area contributed by atoms with Crippen molar-refractivity contribution in [3.63, 3.8) is 0 Å². The molecule has 0 aromatic heterocycles. The Labute approximate surface area is 118 Å². The van der Waals surface area contributed by atoms with Crippen LogP contribution in [0.2, 0.25) is 0 Å². The molecular formula is C15H20N2O3. The number of likely N-dealkylation sites (tertiary alicyclic amines) is 1. The summed E-state index contributed by atoms with van der Waals surface area (Å²) in [5.74, 6) is 0.0838. The van der Waals surface area contributed by atoms with Gasteiger partial charge in [-0.05, 0) is 18.4 Å². The molecular weight excluding hydrogens is 256 g/mol. The number of nitrogens with two attached hydrogens (primary N) is 1. The van der Waals surface area contributed by atoms with E-state index in [0.717, 1.165) is 5.56 Å². The summed E-state index contributed by atoms with van der Waals surface area (Å²) in [4.78, 5) is 25.1. The van der Waals surface area contributed by atoms with Crippen LogP contribution in [0.3, 0.4) is 0 Å². The lowest BCUT2D eigenvalue weighted by molar-refractivity contribution is -0.122. The molecule has 2 N–H and O–H groups in total. The van der Waals surface area contributed by atoms with Crippen LogP contribution in [-0.4, -0.2) is 36.4 Å². The second-order valence-corrected chi connectivity index (χ2v) is 4.97. The lowest BCUT2D eigenvalue weighted by Gasteiger charge is -2.30. The highest BCUT2D eigenvalue weighted by Gasteiger charge is 2.27. The Morgan fingerprint density at radius 1 is 1.20 bits per heavy atom. The Morgan fingerprint density at radius 3 is 2.45 bits per heavy atom. The number of ether oxygens (including phenoxy) is 1. The summed E-state index contributed by atoms with van der Waals surface area (Å²) in [5, 5.41) is 0. The zero-order valence-electron chi connectivity index (χ0n) is 11.5. The van der Waals surface area contributed by atoms with E-state index in [0.29, 0.717) is 25.9 Å². The maximum atomic E-state index is 11.9. The molecule has 0 spiro atoms. The number of Topliss-reactive ketones (excluding diaryl/α,β-unsaturated/α-hetero) is 1. The molecule has 2 rings (SSSR count). The van der Waals surface area contributed by atoms with E-state index in [9.17, 15) is 9.59 Å². The van der Waals surface area contributed by atoms with Crippen molar-refractivity contribution >= 4 is 11.9 Å². The van der Waals surface area contributed by atoms with Gasteiger partial charge in [-0.2, -0.15) is 0 Å². The van der Waals surface area contributed by atoms with Crippen molar-refractivity contribution in [2.24, 2.45) is 11.7 Å². The van der Waals surface area contributed by atoms with Crippen LogP contribution in [0.5, 0.6) is 0 Å². The molecule has 1 aliphatic rings. The van der Waals surface area contributed by atoms with Crippen LogP contribution in [0.25, 0.3) is 0 Å². The van der Waals surface area contributed by atoms with Gasteiger partial charge in [0.15, 0.2) is 0 Å². The molecule has 1 aromatic carbocycles. The van der Waals surface area contributed by atoms with Crippen LogP contribution in [-0.2, 0) is 16.1 Å². The van der Waals surface area contributed by atoms with Crippen molar-refractivity contribution in [1.82, 2.24) is 4.90 Å². The molecule has 0 saturated carbocycles. The number of hydrogen-bond donors (Lipinski definition) is 1. The van der Waals surface area contributed by atoms with Crippen molar-refractivity contribution in [3.8, 4) is 0 Å². The molecule has 1 aliphatic heterocycles. The van der Waals surface area contributed by atoms with Crippen LogP contribution >= 0.6 is 0 Å². The van der Waals surface area contributed by atoms with E-state index >= 15 is 0 Å². The van der Waals surface area contributed by atoms with Gasteiger partial charge in [0.25, 0.3) is 0 Å². The van der Waals surface area contributed by atoms with E-state index < -0.39 is 0 Å². The number of amides is 1. The van der Waals surface area contributed by atoms with E-state index in [4.69, 9.17) is 10.5 Å². The number of nitrogens with zero attached hydrogens (tertiary/aromatic N) is 1. The highest BCUT2D eigenvalue weighted by atomic mass is 16.6. The van der Waals surface area contributed by atoms with Gasteiger partial charge < -0.3 is 15.4 Å². The first kappa shape index (κ1) is 14.5. The molecule has 1 saturated heterocycles. The Morgan fingerprint density at radius 2 is 1.85 bits per heavy atom. The Balaban J connectivity index is 1.76. The minimum Gasteiger partial charge on any atom is -0.445 e. The fourth-order valence-corrected chi connectivity index (χ4v) is 2.36. The molecule has 1 fully saturated rings. The van der Waals surface area contributed by atoms with Gasteiger partial charge in [0, 0.05) is 19.0 Å². The van der Waals surface area contributed by atoms with Crippen LogP contribution in [0.15, 0.2) is 30.3 Å². The molecule has 5 heteroatoms. The number of benzene rings is 1. The largest absolute Gasteiger partial charge is 0.445 e. The minimum atomic E-state index is -0.312. The third kappa shape index (κ3) is 3.81. The third-order valence-corrected chi connectivity index (χ3v) is 3.61. The maximum absolute atomic E-state index is 11.9. The molecule has 0 aliphatic carbocycles. The standard InChI is InChI=1S/C15H20N2O3/c16-10-14(18)13-6-8-17(9-7-13)15(19)20-11-12-4-2-1-3-5-12/h1-5,13H,6-11,16H2. The number of rotatable bonds is 4. The van der Waals surface area contributed by atoms with E-state index in [1.165, 1.54) is 0 Å². The van der Waals surface area contributed by atoms with Gasteiger partial charge in [0.1, 0.15) is 12.4 Å². The quantitative estimate of drug-likeness (QED) is 0.906. The maximum Gasteiger partial charge on any atom is 0.410 e. The normalized spacial score (nSPS) is 15.9. The molecule has 0 bridgehead atoms. The van der Waals surface area contributed by atoms with Crippen LogP contribution in [0.1, 0.15) is 18.4 Å². The van der Waals surface area contributed by atoms with Gasteiger partial charge in [0.05, 0.1) is 6.54 Å². The molecule has 1 amide bonds. The van der Waals surface area contributed by atoms with Gasteiger partial charge in [-0.25, -0.2) is 4.79 Å². The summed E-state index contributed by atoms with van der Waals surface area (Å²) in [6.07, 6.45) is 1.04. The molecule has 0 atom stereocenters. The lowest BCUT2D eigenvalue weighted by Crippen LogP contribution is -2.41. The first-order chi connectivity index (χ1) is 9.70. The average Bonchev–Trinajstić information content (AvgIpc) is 2.53. The van der Waals surface area contributed by atoms with Gasteiger partial charge >= 0.3 is 6.09 Å². The fourth-order valence-electron chi connectivity index (χ4n) is 2.36. The smallest absolute Gasteiger partial charge is 0.410 e. The molecule has 0 unspecified atom stereocenters. The second-order valence-electron chi connectivity index (χ2n) is 4.97. The van der Waals surface area contributed by atoms with Crippen molar-refractivity contribution in [1.29, 1.82) is 0 Å². The fraction of sp³-hybridized carbons (Fsp3) is 0.467. The second kappa shape index (κ2) is 7.05.